The van der Waals surface area contributed by atoms with E-state index in [0.717, 1.165) is 0 Å². The van der Waals surface area contributed by atoms with Crippen LogP contribution < -0.4 is 0 Å². The number of halogens is 3. The van der Waals surface area contributed by atoms with Gasteiger partial charge >= 0.3 is 6.18 Å². The van der Waals surface area contributed by atoms with Crippen molar-refractivity contribution in [3.63, 3.8) is 0 Å². The van der Waals surface area contributed by atoms with E-state index in [9.17, 15) is 18.3 Å². The summed E-state index contributed by atoms with van der Waals surface area (Å²) in [5.74, 6) is -1.71. The molecule has 98 valence electrons. The first-order chi connectivity index (χ1) is 7.84. The lowest BCUT2D eigenvalue weighted by Gasteiger charge is -2.21. The van der Waals surface area contributed by atoms with Crippen LogP contribution in [0.4, 0.5) is 13.2 Å². The highest BCUT2D eigenvalue weighted by Crippen LogP contribution is 2.35. The molecule has 2 atom stereocenters. The molecule has 1 aromatic heterocycles. The predicted octanol–water partition coefficient (Wildman–Crippen LogP) is 1.40. The number of nitrogens with zero attached hydrogens (tertiary/aromatic N) is 2. The van der Waals surface area contributed by atoms with Crippen LogP contribution in [0.1, 0.15) is 24.5 Å². The number of rotatable bonds is 5. The van der Waals surface area contributed by atoms with Gasteiger partial charge in [0.05, 0.1) is 18.2 Å². The molecule has 0 spiro atoms. The second-order valence-electron chi connectivity index (χ2n) is 3.95. The van der Waals surface area contributed by atoms with Crippen molar-refractivity contribution in [3.8, 4) is 0 Å². The minimum atomic E-state index is -4.41. The molecule has 1 heterocycles. The van der Waals surface area contributed by atoms with E-state index in [1.165, 1.54) is 17.1 Å². The molecule has 17 heavy (non-hydrogen) atoms. The Morgan fingerprint density at radius 1 is 1.47 bits per heavy atom. The van der Waals surface area contributed by atoms with Crippen LogP contribution in [0.2, 0.25) is 0 Å². The first kappa shape index (κ1) is 14.0. The van der Waals surface area contributed by atoms with Gasteiger partial charge in [-0.25, -0.2) is 0 Å². The summed E-state index contributed by atoms with van der Waals surface area (Å²) in [5.41, 5.74) is 0.347. The van der Waals surface area contributed by atoms with Gasteiger partial charge in [-0.3, -0.25) is 4.68 Å². The van der Waals surface area contributed by atoms with Crippen LogP contribution in [0.25, 0.3) is 0 Å². The largest absolute Gasteiger partial charge is 0.396 e. The first-order valence-electron chi connectivity index (χ1n) is 5.18. The molecule has 0 saturated carbocycles. The predicted molar refractivity (Wildman–Crippen MR) is 54.0 cm³/mol. The lowest BCUT2D eigenvalue weighted by molar-refractivity contribution is -0.185. The van der Waals surface area contributed by atoms with Crippen molar-refractivity contribution in [2.75, 3.05) is 6.61 Å². The van der Waals surface area contributed by atoms with Gasteiger partial charge < -0.3 is 10.2 Å². The zero-order valence-electron chi connectivity index (χ0n) is 9.35. The van der Waals surface area contributed by atoms with E-state index in [2.05, 4.69) is 5.10 Å². The number of aryl methyl sites for hydroxylation is 1. The van der Waals surface area contributed by atoms with Crippen molar-refractivity contribution in [2.45, 2.75) is 25.1 Å². The average Bonchev–Trinajstić information content (AvgIpc) is 2.62. The molecule has 1 aromatic rings. The van der Waals surface area contributed by atoms with Gasteiger partial charge in [-0.2, -0.15) is 18.3 Å². The molecule has 0 fully saturated rings. The Kier molecular flexibility index (Phi) is 4.53. The molecule has 0 aliphatic rings. The molecule has 0 aliphatic heterocycles. The summed E-state index contributed by atoms with van der Waals surface area (Å²) in [6, 6.07) is 0. The summed E-state index contributed by atoms with van der Waals surface area (Å²) in [5, 5.41) is 22.0. The molecule has 4 nitrogen and oxygen atoms in total. The van der Waals surface area contributed by atoms with Gasteiger partial charge in [0.15, 0.2) is 0 Å². The second kappa shape index (κ2) is 5.50. The third kappa shape index (κ3) is 4.01. The fourth-order valence-corrected chi connectivity index (χ4v) is 1.59. The highest BCUT2D eigenvalue weighted by atomic mass is 19.4. The van der Waals surface area contributed by atoms with E-state index < -0.39 is 37.6 Å². The minimum absolute atomic E-state index is 0.347. The third-order valence-electron chi connectivity index (χ3n) is 2.56. The number of aliphatic hydroxyl groups is 2. The van der Waals surface area contributed by atoms with Crippen LogP contribution in [-0.4, -0.2) is 32.8 Å². The van der Waals surface area contributed by atoms with E-state index in [1.807, 2.05) is 0 Å². The quantitative estimate of drug-likeness (QED) is 0.833. The summed E-state index contributed by atoms with van der Waals surface area (Å²) in [6.45, 7) is -0.552. The fraction of sp³-hybridized carbons (Fsp3) is 0.700. The van der Waals surface area contributed by atoms with Crippen molar-refractivity contribution in [1.29, 1.82) is 0 Å². The lowest BCUT2D eigenvalue weighted by Crippen LogP contribution is -2.26. The van der Waals surface area contributed by atoms with Gasteiger partial charge in [-0.15, -0.1) is 0 Å². The maximum Gasteiger partial charge on any atom is 0.392 e. The topological polar surface area (TPSA) is 58.3 Å². The molecule has 0 radical (unpaired) electrons. The molecular formula is C10H15F3N2O2. The molecule has 7 heteroatoms. The van der Waals surface area contributed by atoms with Gasteiger partial charge in [-0.05, 0) is 12.8 Å². The Hall–Kier alpha value is -1.08. The first-order valence-corrected chi connectivity index (χ1v) is 5.18. The van der Waals surface area contributed by atoms with E-state index in [0.29, 0.717) is 5.56 Å². The van der Waals surface area contributed by atoms with E-state index >= 15 is 0 Å². The van der Waals surface area contributed by atoms with Crippen LogP contribution in [0.3, 0.4) is 0 Å². The SMILES string of the molecule is Cn1cc(C(O)CC(CCO)C(F)(F)F)cn1. The standard InChI is InChI=1S/C10H15F3N2O2/c1-15-6-7(5-14-15)9(17)4-8(2-3-16)10(11,12)13/h5-6,8-9,16-17H,2-4H2,1H3. The smallest absolute Gasteiger partial charge is 0.392 e. The second-order valence-corrected chi connectivity index (χ2v) is 3.95. The third-order valence-corrected chi connectivity index (χ3v) is 2.56. The van der Waals surface area contributed by atoms with Crippen molar-refractivity contribution in [3.05, 3.63) is 18.0 Å². The number of alkyl halides is 3. The Labute approximate surface area is 96.7 Å². The Bertz CT molecular complexity index is 352. The zero-order valence-corrected chi connectivity index (χ0v) is 9.35. The van der Waals surface area contributed by atoms with Gasteiger partial charge in [0.25, 0.3) is 0 Å². The van der Waals surface area contributed by atoms with E-state index in [4.69, 9.17) is 5.11 Å². The lowest BCUT2D eigenvalue weighted by atomic mass is 9.95. The molecule has 0 saturated heterocycles. The Morgan fingerprint density at radius 3 is 2.53 bits per heavy atom. The van der Waals surface area contributed by atoms with Gasteiger partial charge in [-0.1, -0.05) is 0 Å². The van der Waals surface area contributed by atoms with Gasteiger partial charge in [0, 0.05) is 25.4 Å². The summed E-state index contributed by atoms with van der Waals surface area (Å²) in [7, 11) is 1.62. The Balaban J connectivity index is 2.67. The van der Waals surface area contributed by atoms with Crippen LogP contribution in [0.5, 0.6) is 0 Å². The molecule has 2 N–H and O–H groups in total. The highest BCUT2D eigenvalue weighted by Gasteiger charge is 2.40. The summed E-state index contributed by atoms with van der Waals surface area (Å²) in [6.07, 6.45) is -3.70. The van der Waals surface area contributed by atoms with E-state index in [1.54, 1.807) is 7.05 Å². The maximum atomic E-state index is 12.5. The molecule has 1 rings (SSSR count). The number of hydrogen-bond acceptors (Lipinski definition) is 3. The van der Waals surface area contributed by atoms with Crippen molar-refractivity contribution >= 4 is 0 Å². The van der Waals surface area contributed by atoms with Crippen LogP contribution in [0.15, 0.2) is 12.4 Å². The molecule has 0 aromatic carbocycles. The highest BCUT2D eigenvalue weighted by molar-refractivity contribution is 5.07. The summed E-state index contributed by atoms with van der Waals surface area (Å²) in [4.78, 5) is 0. The van der Waals surface area contributed by atoms with Crippen molar-refractivity contribution in [2.24, 2.45) is 13.0 Å². The van der Waals surface area contributed by atoms with Crippen molar-refractivity contribution < 1.29 is 23.4 Å². The van der Waals surface area contributed by atoms with Gasteiger partial charge in [0.2, 0.25) is 0 Å². The molecular weight excluding hydrogens is 237 g/mol. The summed E-state index contributed by atoms with van der Waals surface area (Å²) >= 11 is 0. The number of aliphatic hydroxyl groups excluding tert-OH is 2. The van der Waals surface area contributed by atoms with Crippen molar-refractivity contribution in [1.82, 2.24) is 9.78 Å². The number of aromatic nitrogens is 2. The fourth-order valence-electron chi connectivity index (χ4n) is 1.59. The molecule has 0 amide bonds. The zero-order chi connectivity index (χ0) is 13.1. The molecule has 0 aliphatic carbocycles. The summed E-state index contributed by atoms with van der Waals surface area (Å²) < 4.78 is 39.0. The molecule has 2 unspecified atom stereocenters. The monoisotopic (exact) mass is 252 g/mol. The average molecular weight is 252 g/mol. The van der Waals surface area contributed by atoms with Crippen LogP contribution >= 0.6 is 0 Å². The van der Waals surface area contributed by atoms with Crippen LogP contribution in [0, 0.1) is 5.92 Å². The number of hydrogen-bond donors (Lipinski definition) is 2. The normalized spacial score (nSPS) is 15.9. The maximum absolute atomic E-state index is 12.5. The minimum Gasteiger partial charge on any atom is -0.396 e. The molecule has 0 bridgehead atoms. The van der Waals surface area contributed by atoms with Crippen LogP contribution in [-0.2, 0) is 7.05 Å². The van der Waals surface area contributed by atoms with Gasteiger partial charge in [0.1, 0.15) is 0 Å². The van der Waals surface area contributed by atoms with E-state index in [-0.39, 0.29) is 0 Å². The Morgan fingerprint density at radius 2 is 2.12 bits per heavy atom.